The van der Waals surface area contributed by atoms with Crippen LogP contribution >= 0.6 is 0 Å². The molecule has 0 aliphatic heterocycles. The van der Waals surface area contributed by atoms with Gasteiger partial charge in [0.15, 0.2) is 0 Å². The van der Waals surface area contributed by atoms with Crippen molar-refractivity contribution < 1.29 is 4.79 Å². The van der Waals surface area contributed by atoms with Crippen molar-refractivity contribution in [3.63, 3.8) is 0 Å². The van der Waals surface area contributed by atoms with Crippen LogP contribution in [0.3, 0.4) is 0 Å². The van der Waals surface area contributed by atoms with Crippen molar-refractivity contribution in [3.05, 3.63) is 122 Å². The van der Waals surface area contributed by atoms with Crippen LogP contribution in [0, 0.1) is 13.8 Å². The van der Waals surface area contributed by atoms with Crippen LogP contribution in [-0.2, 0) is 13.1 Å². The minimum Gasteiger partial charge on any atom is -0.345 e. The molecule has 4 aromatic rings. The minimum absolute atomic E-state index is 0.0270. The number of benzene rings is 2. The lowest BCUT2D eigenvalue weighted by atomic mass is 10.1. The van der Waals surface area contributed by atoms with Crippen LogP contribution < -0.4 is 16.6 Å². The highest BCUT2D eigenvalue weighted by molar-refractivity contribution is 5.91. The van der Waals surface area contributed by atoms with Gasteiger partial charge in [0.1, 0.15) is 0 Å². The molecule has 2 aromatic carbocycles. The van der Waals surface area contributed by atoms with Crippen molar-refractivity contribution in [2.24, 2.45) is 0 Å². The lowest BCUT2D eigenvalue weighted by Crippen LogP contribution is -2.46. The maximum absolute atomic E-state index is 13.3. The van der Waals surface area contributed by atoms with Crippen molar-refractivity contribution in [2.45, 2.75) is 26.9 Å². The van der Waals surface area contributed by atoms with Crippen molar-refractivity contribution in [1.82, 2.24) is 24.6 Å². The van der Waals surface area contributed by atoms with Crippen molar-refractivity contribution in [2.75, 3.05) is 0 Å². The molecule has 2 heterocycles. The van der Waals surface area contributed by atoms with E-state index in [2.05, 4.69) is 15.4 Å². The standard InChI is InChI=1S/C25H23N5O3/c1-17-8-7-12-21(14-17)30-25(33)29(16-19-10-4-3-9-18(19)2)24(32)22(28-30)23(31)27-15-20-11-5-6-13-26-20/h3-14H,15-16H2,1-2H3,(H,27,31). The normalized spacial score (nSPS) is 10.7. The lowest BCUT2D eigenvalue weighted by Gasteiger charge is -2.13. The first-order valence-electron chi connectivity index (χ1n) is 10.5. The van der Waals surface area contributed by atoms with Gasteiger partial charge in [0.25, 0.3) is 11.5 Å². The summed E-state index contributed by atoms with van der Waals surface area (Å²) in [6.45, 7) is 3.95. The molecule has 0 aliphatic carbocycles. The molecule has 166 valence electrons. The third-order valence-corrected chi connectivity index (χ3v) is 5.27. The quantitative estimate of drug-likeness (QED) is 0.495. The lowest BCUT2D eigenvalue weighted by molar-refractivity contribution is 0.0940. The summed E-state index contributed by atoms with van der Waals surface area (Å²) in [7, 11) is 0. The van der Waals surface area contributed by atoms with E-state index in [9.17, 15) is 14.4 Å². The van der Waals surface area contributed by atoms with Crippen LogP contribution in [0.15, 0.2) is 82.5 Å². The number of hydrogen-bond acceptors (Lipinski definition) is 5. The highest BCUT2D eigenvalue weighted by Crippen LogP contribution is 2.09. The van der Waals surface area contributed by atoms with E-state index in [1.165, 1.54) is 0 Å². The van der Waals surface area contributed by atoms with E-state index in [1.807, 2.05) is 44.2 Å². The van der Waals surface area contributed by atoms with Crippen LogP contribution in [0.5, 0.6) is 0 Å². The first-order chi connectivity index (χ1) is 15.9. The summed E-state index contributed by atoms with van der Waals surface area (Å²) in [5.74, 6) is -0.675. The molecule has 0 bridgehead atoms. The number of carbonyl (C=O) groups excluding carboxylic acids is 1. The predicted octanol–water partition coefficient (Wildman–Crippen LogP) is 2.38. The Bertz CT molecular complexity index is 1420. The van der Waals surface area contributed by atoms with E-state index in [-0.39, 0.29) is 18.8 Å². The number of nitrogens with one attached hydrogen (secondary N) is 1. The fourth-order valence-electron chi connectivity index (χ4n) is 3.44. The summed E-state index contributed by atoms with van der Waals surface area (Å²) in [6.07, 6.45) is 1.62. The number of nitrogens with zero attached hydrogens (tertiary/aromatic N) is 4. The molecule has 0 atom stereocenters. The first-order valence-corrected chi connectivity index (χ1v) is 10.5. The fourth-order valence-corrected chi connectivity index (χ4v) is 3.44. The Kier molecular flexibility index (Phi) is 6.26. The van der Waals surface area contributed by atoms with Gasteiger partial charge >= 0.3 is 5.69 Å². The summed E-state index contributed by atoms with van der Waals surface area (Å²) in [6, 6.07) is 20.0. The van der Waals surface area contributed by atoms with E-state index in [0.717, 1.165) is 25.9 Å². The average molecular weight is 441 g/mol. The Morgan fingerprint density at radius 3 is 2.48 bits per heavy atom. The molecular formula is C25H23N5O3. The molecule has 0 unspecified atom stereocenters. The van der Waals surface area contributed by atoms with Crippen molar-refractivity contribution >= 4 is 5.91 Å². The highest BCUT2D eigenvalue weighted by Gasteiger charge is 2.21. The topological polar surface area (TPSA) is 98.9 Å². The zero-order valence-corrected chi connectivity index (χ0v) is 18.4. The zero-order valence-electron chi connectivity index (χ0n) is 18.4. The van der Waals surface area contributed by atoms with Gasteiger partial charge in [-0.1, -0.05) is 42.5 Å². The fraction of sp³-hybridized carbons (Fsp3) is 0.160. The molecule has 0 aliphatic rings. The molecule has 8 heteroatoms. The summed E-state index contributed by atoms with van der Waals surface area (Å²) >= 11 is 0. The van der Waals surface area contributed by atoms with Crippen molar-refractivity contribution in [1.29, 1.82) is 0 Å². The second-order valence-electron chi connectivity index (χ2n) is 7.70. The van der Waals surface area contributed by atoms with Gasteiger partial charge in [-0.15, -0.1) is 0 Å². The van der Waals surface area contributed by atoms with Crippen LogP contribution in [0.25, 0.3) is 5.69 Å². The summed E-state index contributed by atoms with van der Waals surface area (Å²) in [5.41, 5.74) is 2.04. The van der Waals surface area contributed by atoms with E-state index >= 15 is 0 Å². The average Bonchev–Trinajstić information content (AvgIpc) is 2.82. The number of pyridine rings is 1. The zero-order chi connectivity index (χ0) is 23.4. The van der Waals surface area contributed by atoms with Gasteiger partial charge in [-0.3, -0.25) is 19.1 Å². The summed E-state index contributed by atoms with van der Waals surface area (Å²) in [5, 5.41) is 6.83. The van der Waals surface area contributed by atoms with Gasteiger partial charge in [-0.05, 0) is 54.8 Å². The first kappa shape index (κ1) is 21.9. The molecule has 1 amide bonds. The number of rotatable bonds is 6. The molecule has 2 aromatic heterocycles. The monoisotopic (exact) mass is 441 g/mol. The molecule has 1 N–H and O–H groups in total. The van der Waals surface area contributed by atoms with Crippen LogP contribution in [0.4, 0.5) is 0 Å². The van der Waals surface area contributed by atoms with Gasteiger partial charge in [0.2, 0.25) is 5.69 Å². The van der Waals surface area contributed by atoms with Gasteiger partial charge in [-0.2, -0.15) is 9.78 Å². The highest BCUT2D eigenvalue weighted by atomic mass is 16.2. The number of amides is 1. The minimum atomic E-state index is -0.745. The van der Waals surface area contributed by atoms with E-state index in [0.29, 0.717) is 11.4 Å². The largest absolute Gasteiger partial charge is 0.352 e. The molecule has 4 rings (SSSR count). The molecule has 0 fully saturated rings. The van der Waals surface area contributed by atoms with Gasteiger partial charge in [-0.25, -0.2) is 4.79 Å². The number of aryl methyl sites for hydroxylation is 2. The van der Waals surface area contributed by atoms with E-state index < -0.39 is 17.2 Å². The molecule has 0 spiro atoms. The third-order valence-electron chi connectivity index (χ3n) is 5.27. The van der Waals surface area contributed by atoms with E-state index in [4.69, 9.17) is 0 Å². The maximum Gasteiger partial charge on any atom is 0.352 e. The molecular weight excluding hydrogens is 418 g/mol. The van der Waals surface area contributed by atoms with Gasteiger partial charge in [0, 0.05) is 6.20 Å². The Hall–Kier alpha value is -4.33. The predicted molar refractivity (Wildman–Crippen MR) is 125 cm³/mol. The maximum atomic E-state index is 13.3. The second-order valence-corrected chi connectivity index (χ2v) is 7.70. The van der Waals surface area contributed by atoms with Crippen LogP contribution in [0.1, 0.15) is 32.9 Å². The van der Waals surface area contributed by atoms with Crippen molar-refractivity contribution in [3.8, 4) is 5.69 Å². The molecule has 0 radical (unpaired) electrons. The molecule has 0 saturated carbocycles. The number of hydrogen-bond donors (Lipinski definition) is 1. The van der Waals surface area contributed by atoms with E-state index in [1.54, 1.807) is 42.6 Å². The third kappa shape index (κ3) is 4.79. The van der Waals surface area contributed by atoms with Gasteiger partial charge in [0.05, 0.1) is 24.5 Å². The molecule has 0 saturated heterocycles. The Morgan fingerprint density at radius 2 is 1.76 bits per heavy atom. The Labute approximate surface area is 190 Å². The Balaban J connectivity index is 1.80. The van der Waals surface area contributed by atoms with Crippen LogP contribution in [-0.4, -0.2) is 25.2 Å². The smallest absolute Gasteiger partial charge is 0.345 e. The summed E-state index contributed by atoms with van der Waals surface area (Å²) in [4.78, 5) is 43.6. The SMILES string of the molecule is Cc1cccc(-n2nc(C(=O)NCc3ccccn3)c(=O)n(Cc3ccccc3C)c2=O)c1. The molecule has 8 nitrogen and oxygen atoms in total. The molecule has 33 heavy (non-hydrogen) atoms. The number of carbonyl (C=O) groups is 1. The second kappa shape index (κ2) is 9.44. The van der Waals surface area contributed by atoms with Crippen LogP contribution in [0.2, 0.25) is 0 Å². The Morgan fingerprint density at radius 1 is 0.970 bits per heavy atom. The summed E-state index contributed by atoms with van der Waals surface area (Å²) < 4.78 is 2.15. The number of aromatic nitrogens is 4. The van der Waals surface area contributed by atoms with Gasteiger partial charge < -0.3 is 5.32 Å².